The minimum atomic E-state index is 0.821. The smallest absolute Gasteiger partial charge is 0.0243 e. The van der Waals surface area contributed by atoms with Crippen molar-refractivity contribution in [1.82, 2.24) is 0 Å². The lowest BCUT2D eigenvalue weighted by Gasteiger charge is -2.26. The Bertz CT molecular complexity index is 5010. The van der Waals surface area contributed by atoms with E-state index >= 15 is 0 Å². The highest BCUT2D eigenvalue weighted by Gasteiger charge is 2.28. The minimum absolute atomic E-state index is 0.821. The Morgan fingerprint density at radius 1 is 0.170 bits per heavy atom. The molecular weight excluding hydrogens is 1060 g/mol. The van der Waals surface area contributed by atoms with E-state index in [4.69, 9.17) is 25.7 Å². The molecule has 0 spiro atoms. The van der Waals surface area contributed by atoms with E-state index in [1.54, 1.807) is 0 Å². The average Bonchev–Trinajstić information content (AvgIpc) is 0.750. The summed E-state index contributed by atoms with van der Waals surface area (Å²) in [5.41, 5.74) is 25.4. The van der Waals surface area contributed by atoms with Crippen LogP contribution < -0.4 is 0 Å². The number of rotatable bonds is 10. The van der Waals surface area contributed by atoms with Crippen molar-refractivity contribution in [2.24, 2.45) is 0 Å². The van der Waals surface area contributed by atoms with Crippen molar-refractivity contribution in [3.63, 3.8) is 0 Å². The van der Waals surface area contributed by atoms with Crippen molar-refractivity contribution in [3.8, 4) is 161 Å². The van der Waals surface area contributed by atoms with Gasteiger partial charge in [0.1, 0.15) is 0 Å². The molecule has 0 nitrogen and oxygen atoms in total. The zero-order valence-electron chi connectivity index (χ0n) is 48.0. The van der Waals surface area contributed by atoms with E-state index < -0.39 is 0 Å². The summed E-state index contributed by atoms with van der Waals surface area (Å²) in [6, 6.07) is 105. The SMILES string of the molecule is C#Cc1ccc(-c2c(-c3ccccc3)cc(-c3ccc4c5cccc6c(-c7cc(-c8ccccc8)c(-c8ccc(C#C)cc8)c(-c8ccc(C#C)cc8)c7-c7ccccc7)ccc(c7cccc3c74)c65)c(-c3ccccc3)c2-c2ccc(C#C)cc2)cc1. The third-order valence-corrected chi connectivity index (χ3v) is 17.6. The fraction of sp³-hybridized carbons (Fsp3) is 0. The molecule has 0 bridgehead atoms. The second-order valence-electron chi connectivity index (χ2n) is 22.3. The molecule has 0 unspecified atom stereocenters. The summed E-state index contributed by atoms with van der Waals surface area (Å²) >= 11 is 0. The van der Waals surface area contributed by atoms with E-state index in [0.717, 1.165) is 134 Å². The van der Waals surface area contributed by atoms with Crippen LogP contribution in [0.2, 0.25) is 0 Å². The fourth-order valence-corrected chi connectivity index (χ4v) is 13.6. The van der Waals surface area contributed by atoms with Crippen molar-refractivity contribution in [2.75, 3.05) is 0 Å². The summed E-state index contributed by atoms with van der Waals surface area (Å²) in [7, 11) is 0. The van der Waals surface area contributed by atoms with E-state index in [1.807, 2.05) is 24.3 Å². The van der Waals surface area contributed by atoms with Crippen LogP contribution >= 0.6 is 0 Å². The Hall–Kier alpha value is -12.2. The van der Waals surface area contributed by atoms with Gasteiger partial charge < -0.3 is 0 Å². The number of fused-ring (bicyclic) bond motifs is 2. The van der Waals surface area contributed by atoms with Gasteiger partial charge in [-0.3, -0.25) is 0 Å². The molecule has 15 aromatic carbocycles. The Labute approximate surface area is 514 Å². The molecule has 0 N–H and O–H groups in total. The van der Waals surface area contributed by atoms with E-state index in [0.29, 0.717) is 0 Å². The Balaban J connectivity index is 1.03. The van der Waals surface area contributed by atoms with Gasteiger partial charge in [0.25, 0.3) is 0 Å². The highest BCUT2D eigenvalue weighted by molar-refractivity contribution is 6.36. The Morgan fingerprint density at radius 3 is 0.727 bits per heavy atom. The largest absolute Gasteiger partial charge is 0.115 e. The van der Waals surface area contributed by atoms with Gasteiger partial charge in [-0.25, -0.2) is 0 Å². The zero-order chi connectivity index (χ0) is 59.2. The fourth-order valence-electron chi connectivity index (χ4n) is 13.6. The quantitative estimate of drug-likeness (QED) is 0.0727. The second-order valence-corrected chi connectivity index (χ2v) is 22.3. The van der Waals surface area contributed by atoms with Crippen LogP contribution in [-0.2, 0) is 0 Å². The van der Waals surface area contributed by atoms with Crippen LogP contribution in [0.1, 0.15) is 22.3 Å². The molecule has 0 saturated carbocycles. The molecule has 0 heterocycles. The molecule has 0 heteroatoms. The van der Waals surface area contributed by atoms with Crippen molar-refractivity contribution in [1.29, 1.82) is 0 Å². The van der Waals surface area contributed by atoms with E-state index in [9.17, 15) is 0 Å². The van der Waals surface area contributed by atoms with Crippen LogP contribution in [0.3, 0.4) is 0 Å². The van der Waals surface area contributed by atoms with Gasteiger partial charge in [0.15, 0.2) is 0 Å². The molecule has 15 aromatic rings. The standard InChI is InChI=1S/C88H52/c1-5-57-35-43-65(44-36-57)81-77(61-23-13-9-14-24-61)55-79(83(63-27-17-11-18-28-63)85(81)67-47-39-59(7-3)40-48-67)69-51-53-75-74-34-22-32-72-70(52-54-76(88(72)74)73-33-21-31-71(69)87(73)75)80-56-78(62-25-15-10-16-26-62)82(66-45-37-58(6-2)38-46-66)86(68-49-41-60(8-4)42-50-68)84(80)64-29-19-12-20-30-64/h1-4,9-56H. The molecule has 0 atom stereocenters. The molecule has 0 fully saturated rings. The summed E-state index contributed by atoms with van der Waals surface area (Å²) in [6.07, 6.45) is 24.0. The highest BCUT2D eigenvalue weighted by atomic mass is 14.3. The lowest BCUT2D eigenvalue weighted by molar-refractivity contribution is 1.52. The van der Waals surface area contributed by atoms with Crippen molar-refractivity contribution in [3.05, 3.63) is 313 Å². The Kier molecular flexibility index (Phi) is 13.2. The number of benzene rings is 15. The molecule has 0 aliphatic carbocycles. The van der Waals surface area contributed by atoms with Gasteiger partial charge in [-0.05, 0) is 215 Å². The summed E-state index contributed by atoms with van der Waals surface area (Å²) in [6.45, 7) is 0. The molecule has 88 heavy (non-hydrogen) atoms. The van der Waals surface area contributed by atoms with Crippen LogP contribution in [0.5, 0.6) is 0 Å². The van der Waals surface area contributed by atoms with Crippen molar-refractivity contribution < 1.29 is 0 Å². The number of hydrogen-bond donors (Lipinski definition) is 0. The van der Waals surface area contributed by atoms with Gasteiger partial charge >= 0.3 is 0 Å². The van der Waals surface area contributed by atoms with Gasteiger partial charge in [0.05, 0.1) is 0 Å². The van der Waals surface area contributed by atoms with E-state index in [-0.39, 0.29) is 0 Å². The van der Waals surface area contributed by atoms with Crippen LogP contribution in [0.4, 0.5) is 0 Å². The molecule has 15 rings (SSSR count). The number of hydrogen-bond acceptors (Lipinski definition) is 0. The van der Waals surface area contributed by atoms with Gasteiger partial charge in [-0.15, -0.1) is 25.7 Å². The maximum atomic E-state index is 6.03. The normalized spacial score (nSPS) is 11.1. The van der Waals surface area contributed by atoms with E-state index in [2.05, 4.69) is 291 Å². The summed E-state index contributed by atoms with van der Waals surface area (Å²) < 4.78 is 0. The average molecular weight is 1110 g/mol. The van der Waals surface area contributed by atoms with Crippen LogP contribution in [0.25, 0.3) is 154 Å². The maximum Gasteiger partial charge on any atom is 0.0243 e. The van der Waals surface area contributed by atoms with Crippen molar-refractivity contribution in [2.45, 2.75) is 0 Å². The van der Waals surface area contributed by atoms with Gasteiger partial charge in [-0.1, -0.05) is 254 Å². The first kappa shape index (κ1) is 52.6. The van der Waals surface area contributed by atoms with Crippen LogP contribution in [0, 0.1) is 49.4 Å². The predicted molar refractivity (Wildman–Crippen MR) is 374 cm³/mol. The number of terminal acetylenes is 4. The highest BCUT2D eigenvalue weighted by Crippen LogP contribution is 2.55. The maximum absolute atomic E-state index is 6.03. The lowest BCUT2D eigenvalue weighted by Crippen LogP contribution is -1.99. The van der Waals surface area contributed by atoms with E-state index in [1.165, 1.54) is 43.1 Å². The summed E-state index contributed by atoms with van der Waals surface area (Å²) in [5.74, 6) is 11.4. The molecule has 0 aromatic heterocycles. The topological polar surface area (TPSA) is 0 Å². The molecule has 0 saturated heterocycles. The summed E-state index contributed by atoms with van der Waals surface area (Å²) in [4.78, 5) is 0. The minimum Gasteiger partial charge on any atom is -0.115 e. The zero-order valence-corrected chi connectivity index (χ0v) is 48.0. The first-order chi connectivity index (χ1) is 43.5. The molecule has 0 aliphatic heterocycles. The van der Waals surface area contributed by atoms with Gasteiger partial charge in [0.2, 0.25) is 0 Å². The predicted octanol–water partition coefficient (Wildman–Crippen LogP) is 22.3. The third kappa shape index (κ3) is 8.90. The monoisotopic (exact) mass is 1110 g/mol. The Morgan fingerprint density at radius 2 is 0.420 bits per heavy atom. The molecule has 0 radical (unpaired) electrons. The molecule has 0 amide bonds. The van der Waals surface area contributed by atoms with Crippen LogP contribution in [-0.4, -0.2) is 0 Å². The first-order valence-electron chi connectivity index (χ1n) is 29.5. The van der Waals surface area contributed by atoms with Crippen LogP contribution in [0.15, 0.2) is 291 Å². The lowest BCUT2D eigenvalue weighted by atomic mass is 9.77. The third-order valence-electron chi connectivity index (χ3n) is 17.6. The van der Waals surface area contributed by atoms with Crippen molar-refractivity contribution >= 4 is 43.1 Å². The molecular formula is C88H52. The summed E-state index contributed by atoms with van der Waals surface area (Å²) in [5, 5.41) is 9.55. The first-order valence-corrected chi connectivity index (χ1v) is 29.5. The van der Waals surface area contributed by atoms with Gasteiger partial charge in [-0.2, -0.15) is 0 Å². The molecule has 0 aliphatic rings. The molecule has 404 valence electrons. The second kappa shape index (κ2) is 22.1. The van der Waals surface area contributed by atoms with Gasteiger partial charge in [0, 0.05) is 22.3 Å².